The van der Waals surface area contributed by atoms with E-state index < -0.39 is 27.4 Å². The molecule has 0 bridgehead atoms. The van der Waals surface area contributed by atoms with Gasteiger partial charge in [-0.05, 0) is 60.9 Å². The Hall–Kier alpha value is -4.05. The average Bonchev–Trinajstić information content (AvgIpc) is 2.86. The summed E-state index contributed by atoms with van der Waals surface area (Å²) in [5, 5.41) is 14.8. The Morgan fingerprint density at radius 1 is 1.00 bits per heavy atom. The van der Waals surface area contributed by atoms with Crippen molar-refractivity contribution >= 4 is 33.0 Å². The number of aryl methyl sites for hydroxylation is 1. The zero-order chi connectivity index (χ0) is 24.7. The van der Waals surface area contributed by atoms with Crippen molar-refractivity contribution in [1.82, 2.24) is 5.43 Å². The van der Waals surface area contributed by atoms with Crippen LogP contribution in [0.3, 0.4) is 0 Å². The van der Waals surface area contributed by atoms with Crippen molar-refractivity contribution in [3.8, 4) is 0 Å². The number of nitrogens with one attached hydrogen (secondary N) is 1. The van der Waals surface area contributed by atoms with Gasteiger partial charge in [0.05, 0.1) is 21.2 Å². The third kappa shape index (κ3) is 5.84. The number of carbonyl (C=O) groups excluding carboxylic acids is 1. The Bertz CT molecular complexity index is 1290. The van der Waals surface area contributed by atoms with E-state index in [9.17, 15) is 23.3 Å². The number of hydrogen-bond acceptors (Lipinski definition) is 6. The predicted octanol–water partition coefficient (Wildman–Crippen LogP) is 3.89. The number of non-ortho nitro benzene ring substituents is 1. The Balaban J connectivity index is 1.83. The third-order valence-electron chi connectivity index (χ3n) is 5.10. The van der Waals surface area contributed by atoms with Crippen molar-refractivity contribution in [2.45, 2.75) is 25.2 Å². The minimum Gasteiger partial charge on any atom is -0.271 e. The van der Waals surface area contributed by atoms with E-state index in [1.807, 2.05) is 19.1 Å². The van der Waals surface area contributed by atoms with E-state index in [0.717, 1.165) is 16.3 Å². The summed E-state index contributed by atoms with van der Waals surface area (Å²) in [6.45, 7) is 3.13. The monoisotopic (exact) mass is 480 g/mol. The maximum Gasteiger partial charge on any atom is 0.269 e. The Labute approximate surface area is 197 Å². The SMILES string of the molecule is CCc1ccc(N(CC(=O)N/N=C(/C)c2ccc([N+](=O)[O-])cc2)S(=O)(=O)c2ccccc2)cc1. The van der Waals surface area contributed by atoms with E-state index in [2.05, 4.69) is 10.5 Å². The molecule has 0 spiro atoms. The number of nitro groups is 1. The molecule has 9 nitrogen and oxygen atoms in total. The first-order valence-corrected chi connectivity index (χ1v) is 11.9. The van der Waals surface area contributed by atoms with E-state index in [-0.39, 0.29) is 10.6 Å². The highest BCUT2D eigenvalue weighted by Crippen LogP contribution is 2.24. The lowest BCUT2D eigenvalue weighted by Gasteiger charge is -2.24. The van der Waals surface area contributed by atoms with Gasteiger partial charge in [-0.3, -0.25) is 19.2 Å². The largest absolute Gasteiger partial charge is 0.271 e. The third-order valence-corrected chi connectivity index (χ3v) is 6.88. The van der Waals surface area contributed by atoms with Gasteiger partial charge < -0.3 is 0 Å². The molecule has 1 amide bonds. The molecule has 0 fully saturated rings. The molecule has 0 saturated heterocycles. The van der Waals surface area contributed by atoms with E-state index >= 15 is 0 Å². The van der Waals surface area contributed by atoms with Crippen LogP contribution < -0.4 is 9.73 Å². The smallest absolute Gasteiger partial charge is 0.269 e. The number of amides is 1. The minimum atomic E-state index is -4.01. The molecule has 3 aromatic rings. The van der Waals surface area contributed by atoms with Crippen molar-refractivity contribution in [3.05, 3.63) is 100 Å². The molecule has 3 rings (SSSR count). The zero-order valence-electron chi connectivity index (χ0n) is 18.7. The maximum atomic E-state index is 13.3. The van der Waals surface area contributed by atoms with Crippen LogP contribution in [0.25, 0.3) is 0 Å². The Kier molecular flexibility index (Phi) is 7.75. The molecule has 0 saturated carbocycles. The van der Waals surface area contributed by atoms with Gasteiger partial charge in [-0.25, -0.2) is 13.8 Å². The van der Waals surface area contributed by atoms with Crippen LogP contribution in [0.4, 0.5) is 11.4 Å². The van der Waals surface area contributed by atoms with Gasteiger partial charge in [0.25, 0.3) is 21.6 Å². The highest BCUT2D eigenvalue weighted by Gasteiger charge is 2.27. The van der Waals surface area contributed by atoms with Gasteiger partial charge in [0.2, 0.25) is 0 Å². The lowest BCUT2D eigenvalue weighted by molar-refractivity contribution is -0.384. The molecule has 0 heterocycles. The summed E-state index contributed by atoms with van der Waals surface area (Å²) in [6, 6.07) is 20.6. The number of hydrogen-bond donors (Lipinski definition) is 1. The van der Waals surface area contributed by atoms with Crippen LogP contribution in [-0.4, -0.2) is 31.5 Å². The number of sulfonamides is 1. The molecular formula is C24H24N4O5S. The molecule has 0 aliphatic carbocycles. The van der Waals surface area contributed by atoms with Gasteiger partial charge in [0.15, 0.2) is 0 Å². The van der Waals surface area contributed by atoms with Gasteiger partial charge in [-0.15, -0.1) is 0 Å². The highest BCUT2D eigenvalue weighted by atomic mass is 32.2. The van der Waals surface area contributed by atoms with Gasteiger partial charge in [0, 0.05) is 12.1 Å². The van der Waals surface area contributed by atoms with Crippen LogP contribution in [0.1, 0.15) is 25.0 Å². The lowest BCUT2D eigenvalue weighted by atomic mass is 10.1. The fourth-order valence-electron chi connectivity index (χ4n) is 3.13. The minimum absolute atomic E-state index is 0.0589. The van der Waals surface area contributed by atoms with Crippen LogP contribution in [0.2, 0.25) is 0 Å². The second-order valence-electron chi connectivity index (χ2n) is 7.38. The van der Waals surface area contributed by atoms with E-state index in [4.69, 9.17) is 0 Å². The molecule has 1 N–H and O–H groups in total. The van der Waals surface area contributed by atoms with Gasteiger partial charge in [-0.2, -0.15) is 5.10 Å². The standard InChI is InChI=1S/C24H24N4O5S/c1-3-19-9-13-21(14-10-19)27(34(32,33)23-7-5-4-6-8-23)17-24(29)26-25-18(2)20-11-15-22(16-12-20)28(30)31/h4-16H,3,17H2,1-2H3,(H,26,29)/b25-18-. The number of nitrogens with zero attached hydrogens (tertiary/aromatic N) is 3. The fraction of sp³-hybridized carbons (Fsp3) is 0.167. The number of hydrazone groups is 1. The van der Waals surface area contributed by atoms with E-state index in [0.29, 0.717) is 17.0 Å². The molecule has 0 atom stereocenters. The molecule has 176 valence electrons. The molecule has 0 unspecified atom stereocenters. The van der Waals surface area contributed by atoms with Gasteiger partial charge >= 0.3 is 0 Å². The molecule has 34 heavy (non-hydrogen) atoms. The van der Waals surface area contributed by atoms with E-state index in [1.54, 1.807) is 37.3 Å². The molecule has 0 aliphatic rings. The van der Waals surface area contributed by atoms with Crippen molar-refractivity contribution in [1.29, 1.82) is 0 Å². The van der Waals surface area contributed by atoms with Crippen LogP contribution in [0.15, 0.2) is 88.9 Å². The van der Waals surface area contributed by atoms with Gasteiger partial charge in [0.1, 0.15) is 6.54 Å². The first kappa shape index (κ1) is 24.6. The Morgan fingerprint density at radius 2 is 1.62 bits per heavy atom. The summed E-state index contributed by atoms with van der Waals surface area (Å²) in [5.41, 5.74) is 4.69. The van der Waals surface area contributed by atoms with Crippen molar-refractivity contribution in [3.63, 3.8) is 0 Å². The highest BCUT2D eigenvalue weighted by molar-refractivity contribution is 7.92. The first-order valence-electron chi connectivity index (χ1n) is 10.5. The normalized spacial score (nSPS) is 11.6. The molecule has 0 aliphatic heterocycles. The lowest BCUT2D eigenvalue weighted by Crippen LogP contribution is -2.39. The second-order valence-corrected chi connectivity index (χ2v) is 9.24. The molecule has 10 heteroatoms. The summed E-state index contributed by atoms with van der Waals surface area (Å²) in [5.74, 6) is -0.639. The molecular weight excluding hydrogens is 456 g/mol. The quantitative estimate of drug-likeness (QED) is 0.283. The van der Waals surface area contributed by atoms with Crippen LogP contribution in [0, 0.1) is 10.1 Å². The number of nitro benzene ring substituents is 1. The second kappa shape index (κ2) is 10.7. The first-order chi connectivity index (χ1) is 16.2. The summed E-state index contributed by atoms with van der Waals surface area (Å²) in [6.07, 6.45) is 0.794. The molecule has 0 aromatic heterocycles. The zero-order valence-corrected chi connectivity index (χ0v) is 19.5. The fourth-order valence-corrected chi connectivity index (χ4v) is 4.58. The van der Waals surface area contributed by atoms with Crippen molar-refractivity contribution in [2.75, 3.05) is 10.8 Å². The van der Waals surface area contributed by atoms with Crippen LogP contribution in [-0.2, 0) is 21.2 Å². The van der Waals surface area contributed by atoms with Crippen LogP contribution >= 0.6 is 0 Å². The molecule has 3 aromatic carbocycles. The van der Waals surface area contributed by atoms with Crippen LogP contribution in [0.5, 0.6) is 0 Å². The van der Waals surface area contributed by atoms with Crippen molar-refractivity contribution in [2.24, 2.45) is 5.10 Å². The summed E-state index contributed by atoms with van der Waals surface area (Å²) >= 11 is 0. The predicted molar refractivity (Wildman–Crippen MR) is 130 cm³/mol. The topological polar surface area (TPSA) is 122 Å². The summed E-state index contributed by atoms with van der Waals surface area (Å²) in [7, 11) is -4.01. The summed E-state index contributed by atoms with van der Waals surface area (Å²) < 4.78 is 27.7. The maximum absolute atomic E-state index is 13.3. The van der Waals surface area contributed by atoms with Gasteiger partial charge in [-0.1, -0.05) is 37.3 Å². The van der Waals surface area contributed by atoms with E-state index in [1.165, 1.54) is 36.4 Å². The Morgan fingerprint density at radius 3 is 2.18 bits per heavy atom. The summed E-state index contributed by atoms with van der Waals surface area (Å²) in [4.78, 5) is 23.0. The van der Waals surface area contributed by atoms with Crippen molar-refractivity contribution < 1.29 is 18.1 Å². The molecule has 0 radical (unpaired) electrons. The number of carbonyl (C=O) groups is 1. The number of anilines is 1. The number of benzene rings is 3. The number of rotatable bonds is 9. The average molecular weight is 481 g/mol.